The summed E-state index contributed by atoms with van der Waals surface area (Å²) in [6.07, 6.45) is 6.98. The van der Waals surface area contributed by atoms with E-state index in [9.17, 15) is 9.18 Å². The molecular formula is C26H34FN7O. The highest BCUT2D eigenvalue weighted by Gasteiger charge is 2.26. The number of aryl methyl sites for hydroxylation is 1. The highest BCUT2D eigenvalue weighted by Crippen LogP contribution is 2.39. The van der Waals surface area contributed by atoms with Crippen LogP contribution >= 0.6 is 0 Å². The first kappa shape index (κ1) is 25.7. The predicted molar refractivity (Wildman–Crippen MR) is 138 cm³/mol. The smallest absolute Gasteiger partial charge is 0.274 e. The first-order valence-electron chi connectivity index (χ1n) is 11.8. The Morgan fingerprint density at radius 3 is 2.60 bits per heavy atom. The first-order chi connectivity index (χ1) is 16.8. The molecule has 0 spiro atoms. The molecule has 0 saturated heterocycles. The number of nitrogens with one attached hydrogen (secondary N) is 3. The number of nitrogens with zero attached hydrogens (tertiary/aromatic N) is 4. The quantitative estimate of drug-likeness (QED) is 0.295. The molecule has 1 aliphatic rings. The minimum Gasteiger partial charge on any atom is -0.318 e. The van der Waals surface area contributed by atoms with E-state index in [1.54, 1.807) is 31.5 Å². The average molecular weight is 480 g/mol. The maximum atomic E-state index is 14.7. The van der Waals surface area contributed by atoms with Crippen LogP contribution < -0.4 is 5.32 Å². The Labute approximate surface area is 206 Å². The summed E-state index contributed by atoms with van der Waals surface area (Å²) in [6, 6.07) is 7.56. The molecule has 0 unspecified atom stereocenters. The highest BCUT2D eigenvalue weighted by molar-refractivity contribution is 6.05. The monoisotopic (exact) mass is 479 g/mol. The lowest BCUT2D eigenvalue weighted by Gasteiger charge is -2.23. The maximum Gasteiger partial charge on any atom is 0.274 e. The summed E-state index contributed by atoms with van der Waals surface area (Å²) >= 11 is 0. The number of carbonyl (C=O) groups is 1. The molecule has 35 heavy (non-hydrogen) atoms. The van der Waals surface area contributed by atoms with Crippen molar-refractivity contribution in [3.63, 3.8) is 0 Å². The number of amides is 1. The predicted octanol–water partition coefficient (Wildman–Crippen LogP) is 5.76. The second-order valence-electron chi connectivity index (χ2n) is 8.44. The number of aromatic nitrogens is 3. The van der Waals surface area contributed by atoms with Crippen molar-refractivity contribution in [3.8, 4) is 5.69 Å². The fraction of sp³-hybridized carbons (Fsp3) is 0.346. The van der Waals surface area contributed by atoms with Gasteiger partial charge in [0, 0.05) is 19.6 Å². The van der Waals surface area contributed by atoms with E-state index in [4.69, 9.17) is 10.8 Å². The zero-order chi connectivity index (χ0) is 25.7. The number of rotatable bonds is 7. The number of benzene rings is 1. The Bertz CT molecular complexity index is 1240. The Balaban J connectivity index is 0.00000148. The third-order valence-corrected chi connectivity index (χ3v) is 5.59. The van der Waals surface area contributed by atoms with Crippen molar-refractivity contribution in [1.82, 2.24) is 19.4 Å². The molecule has 0 radical (unpaired) electrons. The van der Waals surface area contributed by atoms with Gasteiger partial charge in [-0.15, -0.1) is 0 Å². The van der Waals surface area contributed by atoms with Crippen molar-refractivity contribution in [2.24, 2.45) is 0 Å². The normalized spacial score (nSPS) is 12.5. The number of carbonyl (C=O) groups excluding carboxylic acids is 1. The van der Waals surface area contributed by atoms with Crippen molar-refractivity contribution in [2.75, 3.05) is 5.32 Å². The molecular weight excluding hydrogens is 445 g/mol. The molecule has 1 saturated carbocycles. The lowest BCUT2D eigenvalue weighted by atomic mass is 10.1. The number of pyridine rings is 1. The van der Waals surface area contributed by atoms with Gasteiger partial charge in [0.1, 0.15) is 17.2 Å². The van der Waals surface area contributed by atoms with E-state index in [0.29, 0.717) is 5.92 Å². The van der Waals surface area contributed by atoms with Crippen molar-refractivity contribution < 1.29 is 10.6 Å². The maximum absolute atomic E-state index is 14.7. The molecule has 0 aliphatic heterocycles. The molecule has 8 nitrogen and oxygen atoms in total. The Morgan fingerprint density at radius 1 is 1.29 bits per heavy atom. The van der Waals surface area contributed by atoms with E-state index >= 15 is 0 Å². The van der Waals surface area contributed by atoms with Gasteiger partial charge in [-0.1, -0.05) is 19.9 Å². The molecule has 2 aromatic heterocycles. The highest BCUT2D eigenvalue weighted by atomic mass is 19.1. The minimum absolute atomic E-state index is 0. The molecule has 1 aliphatic carbocycles. The second-order valence-corrected chi connectivity index (χ2v) is 8.44. The number of anilines is 1. The summed E-state index contributed by atoms with van der Waals surface area (Å²) in [4.78, 5) is 23.0. The van der Waals surface area contributed by atoms with Crippen LogP contribution in [-0.4, -0.2) is 43.6 Å². The van der Waals surface area contributed by atoms with Gasteiger partial charge in [0.05, 0.1) is 29.7 Å². The molecule has 186 valence electrons. The lowest BCUT2D eigenvalue weighted by molar-refractivity contribution is 0.102. The zero-order valence-corrected chi connectivity index (χ0v) is 20.8. The molecule has 9 heteroatoms. The van der Waals surface area contributed by atoms with Crippen LogP contribution in [0.15, 0.2) is 42.9 Å². The van der Waals surface area contributed by atoms with Gasteiger partial charge in [-0.2, -0.15) is 0 Å². The summed E-state index contributed by atoms with van der Waals surface area (Å²) in [5.74, 6) is -0.632. The molecule has 3 aromatic rings. The van der Waals surface area contributed by atoms with Crippen LogP contribution in [0.5, 0.6) is 0 Å². The largest absolute Gasteiger partial charge is 0.318 e. The van der Waals surface area contributed by atoms with Crippen molar-refractivity contribution in [3.05, 3.63) is 71.3 Å². The molecule has 0 bridgehead atoms. The van der Waals surface area contributed by atoms with Crippen LogP contribution in [0.2, 0.25) is 0 Å². The Morgan fingerprint density at radius 2 is 1.97 bits per heavy atom. The number of amidine groups is 1. The van der Waals surface area contributed by atoms with Crippen LogP contribution in [0.25, 0.3) is 5.69 Å². The zero-order valence-electron chi connectivity index (χ0n) is 20.8. The van der Waals surface area contributed by atoms with E-state index in [2.05, 4.69) is 15.3 Å². The molecule has 4 rings (SSSR count). The molecule has 3 N–H and O–H groups in total. The van der Waals surface area contributed by atoms with Gasteiger partial charge < -0.3 is 14.8 Å². The topological polar surface area (TPSA) is 111 Å². The van der Waals surface area contributed by atoms with Gasteiger partial charge in [-0.25, -0.2) is 14.4 Å². The molecule has 1 fully saturated rings. The summed E-state index contributed by atoms with van der Waals surface area (Å²) in [5, 5.41) is 18.4. The molecule has 1 amide bonds. The standard InChI is InChI=1S/C24H26FN7O.C2H6.H2/c1-14(2)32(12-26)23(27)18-5-4-6-19(29-18)24(33)30-20-10-22(15(3)9-17(20)25)31-11-21(28-13-31)16-7-8-16;1-2;/h4-6,9-14,16,26-27H,7-8H2,1-3H3,(H,30,33);1-2H3;1H. The third kappa shape index (κ3) is 5.79. The van der Waals surface area contributed by atoms with E-state index in [-0.39, 0.29) is 30.4 Å². The van der Waals surface area contributed by atoms with Crippen LogP contribution in [0.4, 0.5) is 10.1 Å². The number of halogens is 1. The van der Waals surface area contributed by atoms with E-state index in [0.717, 1.165) is 36.1 Å². The number of hydrogen-bond acceptors (Lipinski definition) is 5. The number of imidazole rings is 1. The van der Waals surface area contributed by atoms with Gasteiger partial charge in [-0.05, 0) is 63.4 Å². The molecule has 0 atom stereocenters. The number of hydrogen-bond donors (Lipinski definition) is 3. The molecule has 1 aromatic carbocycles. The van der Waals surface area contributed by atoms with Crippen LogP contribution in [-0.2, 0) is 0 Å². The van der Waals surface area contributed by atoms with Crippen molar-refractivity contribution in [2.45, 2.75) is 59.4 Å². The molecule has 2 heterocycles. The Kier molecular flexibility index (Phi) is 8.11. The van der Waals surface area contributed by atoms with Gasteiger partial charge in [0.25, 0.3) is 5.91 Å². The minimum atomic E-state index is -0.589. The van der Waals surface area contributed by atoms with Crippen LogP contribution in [0.3, 0.4) is 0 Å². The van der Waals surface area contributed by atoms with Crippen molar-refractivity contribution >= 4 is 23.8 Å². The average Bonchev–Trinajstić information content (AvgIpc) is 3.59. The van der Waals surface area contributed by atoms with Gasteiger partial charge in [-0.3, -0.25) is 15.6 Å². The summed E-state index contributed by atoms with van der Waals surface area (Å²) < 4.78 is 16.5. The summed E-state index contributed by atoms with van der Waals surface area (Å²) in [6.45, 7) is 9.50. The lowest BCUT2D eigenvalue weighted by Crippen LogP contribution is -2.36. The summed E-state index contributed by atoms with van der Waals surface area (Å²) in [5.41, 5.74) is 2.80. The fourth-order valence-electron chi connectivity index (χ4n) is 3.58. The van der Waals surface area contributed by atoms with Crippen molar-refractivity contribution in [1.29, 1.82) is 10.8 Å². The van der Waals surface area contributed by atoms with Crippen LogP contribution in [0, 0.1) is 23.6 Å². The summed E-state index contributed by atoms with van der Waals surface area (Å²) in [7, 11) is 0. The first-order valence-corrected chi connectivity index (χ1v) is 11.8. The van der Waals surface area contributed by atoms with E-state index in [1.165, 1.54) is 17.0 Å². The fourth-order valence-corrected chi connectivity index (χ4v) is 3.58. The third-order valence-electron chi connectivity index (χ3n) is 5.59. The van der Waals surface area contributed by atoms with Gasteiger partial charge in [0.15, 0.2) is 5.84 Å². The van der Waals surface area contributed by atoms with E-state index < -0.39 is 11.7 Å². The van der Waals surface area contributed by atoms with E-state index in [1.807, 2.05) is 38.5 Å². The Hall–Kier alpha value is -3.88. The van der Waals surface area contributed by atoms with Gasteiger partial charge in [0.2, 0.25) is 0 Å². The SMILES string of the molecule is CC.Cc1cc(F)c(NC(=O)c2cccc(C(=N)N(C=N)C(C)C)n2)cc1-n1cnc(C2CC2)c1.[HH]. The van der Waals surface area contributed by atoms with Crippen LogP contribution in [0.1, 0.15) is 75.3 Å². The second kappa shape index (κ2) is 11.0. The van der Waals surface area contributed by atoms with Gasteiger partial charge >= 0.3 is 0 Å².